The van der Waals surface area contributed by atoms with Gasteiger partial charge >= 0.3 is 0 Å². The van der Waals surface area contributed by atoms with Gasteiger partial charge in [-0.1, -0.05) is 36.4 Å². The van der Waals surface area contributed by atoms with Crippen molar-refractivity contribution in [2.24, 2.45) is 5.73 Å². The van der Waals surface area contributed by atoms with Gasteiger partial charge in [0.05, 0.1) is 0 Å². The third kappa shape index (κ3) is 2.52. The molecule has 1 atom stereocenters. The topological polar surface area (TPSA) is 55.1 Å². The number of primary amides is 1. The Morgan fingerprint density at radius 2 is 1.80 bits per heavy atom. The SMILES string of the molecule is NC(=O)[C@H](Nc1ccc2c(c1)CCC2)c1ccccc1. The van der Waals surface area contributed by atoms with Crippen molar-refractivity contribution in [3.8, 4) is 0 Å². The van der Waals surface area contributed by atoms with Crippen molar-refractivity contribution in [3.63, 3.8) is 0 Å². The van der Waals surface area contributed by atoms with Crippen LogP contribution in [-0.2, 0) is 17.6 Å². The van der Waals surface area contributed by atoms with E-state index in [1.165, 1.54) is 17.5 Å². The molecule has 0 unspecified atom stereocenters. The summed E-state index contributed by atoms with van der Waals surface area (Å²) in [6.07, 6.45) is 3.50. The van der Waals surface area contributed by atoms with Gasteiger partial charge in [0.15, 0.2) is 0 Å². The number of fused-ring (bicyclic) bond motifs is 1. The summed E-state index contributed by atoms with van der Waals surface area (Å²) >= 11 is 0. The van der Waals surface area contributed by atoms with Crippen LogP contribution in [0.25, 0.3) is 0 Å². The van der Waals surface area contributed by atoms with Gasteiger partial charge in [0.1, 0.15) is 6.04 Å². The molecule has 3 N–H and O–H groups in total. The Kier molecular flexibility index (Phi) is 3.42. The van der Waals surface area contributed by atoms with Crippen LogP contribution in [0.4, 0.5) is 5.69 Å². The Bertz CT molecular complexity index is 622. The molecule has 0 aromatic heterocycles. The van der Waals surface area contributed by atoms with Crippen molar-refractivity contribution in [1.82, 2.24) is 0 Å². The zero-order valence-corrected chi connectivity index (χ0v) is 11.3. The molecule has 1 amide bonds. The van der Waals surface area contributed by atoms with E-state index >= 15 is 0 Å². The lowest BCUT2D eigenvalue weighted by Gasteiger charge is -2.17. The van der Waals surface area contributed by atoms with Crippen LogP contribution in [-0.4, -0.2) is 5.91 Å². The number of carbonyl (C=O) groups excluding carboxylic acids is 1. The summed E-state index contributed by atoms with van der Waals surface area (Å²) in [4.78, 5) is 11.7. The first-order valence-electron chi connectivity index (χ1n) is 6.96. The number of carbonyl (C=O) groups is 1. The van der Waals surface area contributed by atoms with Crippen molar-refractivity contribution in [2.75, 3.05) is 5.32 Å². The zero-order chi connectivity index (χ0) is 13.9. The molecule has 0 heterocycles. The van der Waals surface area contributed by atoms with E-state index in [1.54, 1.807) is 0 Å². The highest BCUT2D eigenvalue weighted by molar-refractivity contribution is 5.84. The lowest BCUT2D eigenvalue weighted by Crippen LogP contribution is -2.27. The number of anilines is 1. The second-order valence-electron chi connectivity index (χ2n) is 5.23. The molecule has 20 heavy (non-hydrogen) atoms. The van der Waals surface area contributed by atoms with Crippen molar-refractivity contribution < 1.29 is 4.79 Å². The fourth-order valence-corrected chi connectivity index (χ4v) is 2.79. The van der Waals surface area contributed by atoms with Gasteiger partial charge in [0.2, 0.25) is 5.91 Å². The summed E-state index contributed by atoms with van der Waals surface area (Å²) in [6, 6.07) is 15.4. The fraction of sp³-hybridized carbons (Fsp3) is 0.235. The van der Waals surface area contributed by atoms with Crippen LogP contribution in [0.15, 0.2) is 48.5 Å². The first-order valence-corrected chi connectivity index (χ1v) is 6.96. The molecule has 102 valence electrons. The third-order valence-corrected chi connectivity index (χ3v) is 3.83. The quantitative estimate of drug-likeness (QED) is 0.894. The number of amides is 1. The fourth-order valence-electron chi connectivity index (χ4n) is 2.79. The van der Waals surface area contributed by atoms with Crippen molar-refractivity contribution in [3.05, 3.63) is 65.2 Å². The number of benzene rings is 2. The average Bonchev–Trinajstić information content (AvgIpc) is 2.93. The summed E-state index contributed by atoms with van der Waals surface area (Å²) in [5.74, 6) is -0.364. The molecule has 3 rings (SSSR count). The molecule has 2 aromatic carbocycles. The number of rotatable bonds is 4. The van der Waals surface area contributed by atoms with Gasteiger partial charge in [0.25, 0.3) is 0 Å². The van der Waals surface area contributed by atoms with Gasteiger partial charge in [-0.2, -0.15) is 0 Å². The summed E-state index contributed by atoms with van der Waals surface area (Å²) in [5, 5.41) is 3.25. The van der Waals surface area contributed by atoms with E-state index in [0.29, 0.717) is 0 Å². The molecule has 0 spiro atoms. The Labute approximate surface area is 118 Å². The second-order valence-corrected chi connectivity index (χ2v) is 5.23. The maximum atomic E-state index is 11.7. The third-order valence-electron chi connectivity index (χ3n) is 3.83. The van der Waals surface area contributed by atoms with Gasteiger partial charge in [-0.05, 0) is 48.1 Å². The number of hydrogen-bond donors (Lipinski definition) is 2. The molecule has 1 aliphatic rings. The van der Waals surface area contributed by atoms with Crippen LogP contribution >= 0.6 is 0 Å². The first kappa shape index (κ1) is 12.7. The molecule has 3 nitrogen and oxygen atoms in total. The molecule has 3 heteroatoms. The smallest absolute Gasteiger partial charge is 0.244 e. The first-order chi connectivity index (χ1) is 9.74. The Balaban J connectivity index is 1.86. The Morgan fingerprint density at radius 1 is 1.05 bits per heavy atom. The molecule has 0 saturated carbocycles. The average molecular weight is 266 g/mol. The summed E-state index contributed by atoms with van der Waals surface area (Å²) in [7, 11) is 0. The van der Waals surface area contributed by atoms with E-state index in [1.807, 2.05) is 36.4 Å². The number of hydrogen-bond acceptors (Lipinski definition) is 2. The molecule has 0 radical (unpaired) electrons. The highest BCUT2D eigenvalue weighted by Crippen LogP contribution is 2.27. The van der Waals surface area contributed by atoms with E-state index in [-0.39, 0.29) is 5.91 Å². The minimum absolute atomic E-state index is 0.364. The lowest BCUT2D eigenvalue weighted by atomic mass is 10.0. The molecular formula is C17H18N2O. The predicted molar refractivity (Wildman–Crippen MR) is 80.5 cm³/mol. The molecule has 0 saturated heterocycles. The van der Waals surface area contributed by atoms with E-state index in [9.17, 15) is 4.79 Å². The standard InChI is InChI=1S/C17H18N2O/c18-17(20)16(13-5-2-1-3-6-13)19-15-10-9-12-7-4-8-14(12)11-15/h1-3,5-6,9-11,16,19H,4,7-8H2,(H2,18,20)/t16-/m1/s1. The highest BCUT2D eigenvalue weighted by Gasteiger charge is 2.18. The summed E-state index contributed by atoms with van der Waals surface area (Å²) in [5.41, 5.74) is 10.2. The summed E-state index contributed by atoms with van der Waals surface area (Å²) < 4.78 is 0. The van der Waals surface area contributed by atoms with Crippen molar-refractivity contribution in [1.29, 1.82) is 0 Å². The molecular weight excluding hydrogens is 248 g/mol. The molecule has 0 aliphatic heterocycles. The van der Waals surface area contributed by atoms with Crippen LogP contribution in [0.5, 0.6) is 0 Å². The second kappa shape index (κ2) is 5.37. The van der Waals surface area contributed by atoms with Crippen molar-refractivity contribution in [2.45, 2.75) is 25.3 Å². The minimum Gasteiger partial charge on any atom is -0.370 e. The zero-order valence-electron chi connectivity index (χ0n) is 11.3. The molecule has 0 fully saturated rings. The summed E-state index contributed by atoms with van der Waals surface area (Å²) in [6.45, 7) is 0. The van der Waals surface area contributed by atoms with Crippen LogP contribution in [0.1, 0.15) is 29.2 Å². The lowest BCUT2D eigenvalue weighted by molar-refractivity contribution is -0.118. The van der Waals surface area contributed by atoms with Gasteiger partial charge in [0, 0.05) is 5.69 Å². The van der Waals surface area contributed by atoms with E-state index in [0.717, 1.165) is 24.1 Å². The maximum absolute atomic E-state index is 11.7. The normalized spacial score (nSPS) is 14.6. The maximum Gasteiger partial charge on any atom is 0.244 e. The van der Waals surface area contributed by atoms with Crippen molar-refractivity contribution >= 4 is 11.6 Å². The number of nitrogens with two attached hydrogens (primary N) is 1. The van der Waals surface area contributed by atoms with E-state index in [4.69, 9.17) is 5.73 Å². The largest absolute Gasteiger partial charge is 0.370 e. The molecule has 2 aromatic rings. The molecule has 1 aliphatic carbocycles. The van der Waals surface area contributed by atoms with E-state index < -0.39 is 6.04 Å². The monoisotopic (exact) mass is 266 g/mol. The van der Waals surface area contributed by atoms with Gasteiger partial charge < -0.3 is 11.1 Å². The highest BCUT2D eigenvalue weighted by atomic mass is 16.1. The van der Waals surface area contributed by atoms with Crippen LogP contribution in [0.2, 0.25) is 0 Å². The minimum atomic E-state index is -0.490. The van der Waals surface area contributed by atoms with Gasteiger partial charge in [-0.15, -0.1) is 0 Å². The number of aryl methyl sites for hydroxylation is 2. The number of nitrogens with one attached hydrogen (secondary N) is 1. The van der Waals surface area contributed by atoms with Crippen LogP contribution < -0.4 is 11.1 Å². The van der Waals surface area contributed by atoms with Gasteiger partial charge in [-0.25, -0.2) is 0 Å². The van der Waals surface area contributed by atoms with Crippen LogP contribution in [0, 0.1) is 0 Å². The van der Waals surface area contributed by atoms with Gasteiger partial charge in [-0.3, -0.25) is 4.79 Å². The Morgan fingerprint density at radius 3 is 2.55 bits per heavy atom. The van der Waals surface area contributed by atoms with Crippen LogP contribution in [0.3, 0.4) is 0 Å². The predicted octanol–water partition coefficient (Wildman–Crippen LogP) is 2.81. The van der Waals surface area contributed by atoms with E-state index in [2.05, 4.69) is 17.4 Å². The Hall–Kier alpha value is -2.29. The molecule has 0 bridgehead atoms.